The third-order valence-electron chi connectivity index (χ3n) is 4.07. The van der Waals surface area contributed by atoms with Crippen molar-refractivity contribution in [2.75, 3.05) is 24.2 Å². The minimum Gasteiger partial charge on any atom is -0.452 e. The molecule has 0 unspecified atom stereocenters. The molecule has 0 bridgehead atoms. The number of rotatable bonds is 5. The van der Waals surface area contributed by atoms with Crippen LogP contribution >= 0.6 is 24.0 Å². The predicted molar refractivity (Wildman–Crippen MR) is 106 cm³/mol. The Kier molecular flexibility index (Phi) is 7.71. The molecule has 1 fully saturated rings. The summed E-state index contributed by atoms with van der Waals surface area (Å²) in [6.45, 7) is 5.69. The molecular weight excluding hydrogens is 356 g/mol. The fourth-order valence-electron chi connectivity index (χ4n) is 2.45. The van der Waals surface area contributed by atoms with Crippen LogP contribution in [0.5, 0.6) is 0 Å². The number of nitrogens with one attached hydrogen (secondary N) is 1. The van der Waals surface area contributed by atoms with Gasteiger partial charge in [0.25, 0.3) is 5.91 Å². The Balaban J connectivity index is 1.70. The molecule has 1 aliphatic heterocycles. The summed E-state index contributed by atoms with van der Waals surface area (Å²) in [7, 11) is 0. The van der Waals surface area contributed by atoms with E-state index in [4.69, 9.17) is 17.0 Å². The van der Waals surface area contributed by atoms with E-state index in [1.54, 1.807) is 19.1 Å². The smallest absolute Gasteiger partial charge is 0.317 e. The van der Waals surface area contributed by atoms with E-state index in [0.29, 0.717) is 5.69 Å². The number of carbonyl (C=O) groups is 2. The standard InChI is InChI=1S/C18H24N2O3S2/c1-13-8-10-20(11-9-13)18(24)25-12-16(21)23-14(2)17(22)19-15-6-4-3-5-7-15/h3-7,13-14H,8-12H2,1-2H3,(H,19,22)/t14-/m1/s1. The molecule has 1 aliphatic rings. The van der Waals surface area contributed by atoms with E-state index < -0.39 is 12.1 Å². The molecule has 0 saturated carbocycles. The van der Waals surface area contributed by atoms with Gasteiger partial charge in [-0.25, -0.2) is 0 Å². The van der Waals surface area contributed by atoms with E-state index in [0.717, 1.165) is 36.2 Å². The summed E-state index contributed by atoms with van der Waals surface area (Å²) in [5.74, 6) is 0.0666. The first-order valence-electron chi connectivity index (χ1n) is 8.43. The minimum atomic E-state index is -0.849. The van der Waals surface area contributed by atoms with E-state index in [-0.39, 0.29) is 11.7 Å². The van der Waals surface area contributed by atoms with Gasteiger partial charge >= 0.3 is 5.97 Å². The molecule has 7 heteroatoms. The lowest BCUT2D eigenvalue weighted by Gasteiger charge is -2.31. The number of thioether (sulfide) groups is 1. The second kappa shape index (κ2) is 9.77. The number of nitrogens with zero attached hydrogens (tertiary/aromatic N) is 1. The zero-order valence-electron chi connectivity index (χ0n) is 14.6. The number of anilines is 1. The van der Waals surface area contributed by atoms with Crippen LogP contribution in [0.4, 0.5) is 5.69 Å². The molecule has 25 heavy (non-hydrogen) atoms. The van der Waals surface area contributed by atoms with Crippen molar-refractivity contribution in [2.45, 2.75) is 32.8 Å². The monoisotopic (exact) mass is 380 g/mol. The maximum absolute atomic E-state index is 12.0. The highest BCUT2D eigenvalue weighted by Crippen LogP contribution is 2.20. The van der Waals surface area contributed by atoms with Gasteiger partial charge in [-0.15, -0.1) is 0 Å². The highest BCUT2D eigenvalue weighted by atomic mass is 32.2. The summed E-state index contributed by atoms with van der Waals surface area (Å²) < 4.78 is 5.92. The number of carbonyl (C=O) groups excluding carboxylic acids is 2. The SMILES string of the molecule is CC1CCN(C(=S)SCC(=O)O[C@H](C)C(=O)Nc2ccccc2)CC1. The van der Waals surface area contributed by atoms with Crippen LogP contribution in [-0.2, 0) is 14.3 Å². The second-order valence-electron chi connectivity index (χ2n) is 6.21. The van der Waals surface area contributed by atoms with Gasteiger partial charge in [0, 0.05) is 18.8 Å². The van der Waals surface area contributed by atoms with Gasteiger partial charge in [0.05, 0.1) is 5.75 Å². The average molecular weight is 381 g/mol. The number of thiocarbonyl (C=S) groups is 1. The van der Waals surface area contributed by atoms with Gasteiger partial charge in [0.2, 0.25) is 0 Å². The number of piperidine rings is 1. The largest absolute Gasteiger partial charge is 0.452 e. The van der Waals surface area contributed by atoms with Crippen LogP contribution in [0, 0.1) is 5.92 Å². The minimum absolute atomic E-state index is 0.119. The molecule has 1 saturated heterocycles. The molecule has 1 amide bonds. The zero-order chi connectivity index (χ0) is 18.2. The molecule has 1 aromatic carbocycles. The second-order valence-corrected chi connectivity index (χ2v) is 7.82. The van der Waals surface area contributed by atoms with Crippen molar-refractivity contribution in [3.63, 3.8) is 0 Å². The van der Waals surface area contributed by atoms with E-state index >= 15 is 0 Å². The maximum atomic E-state index is 12.0. The van der Waals surface area contributed by atoms with Crippen LogP contribution in [0.25, 0.3) is 0 Å². The van der Waals surface area contributed by atoms with Gasteiger partial charge in [0.15, 0.2) is 6.10 Å². The normalized spacial score (nSPS) is 16.2. The van der Waals surface area contributed by atoms with Crippen LogP contribution in [-0.4, -0.2) is 46.0 Å². The summed E-state index contributed by atoms with van der Waals surface area (Å²) in [6, 6.07) is 9.07. The number of para-hydroxylation sites is 1. The van der Waals surface area contributed by atoms with Gasteiger partial charge in [0.1, 0.15) is 4.32 Å². The van der Waals surface area contributed by atoms with Gasteiger partial charge in [-0.3, -0.25) is 9.59 Å². The first kappa shape index (κ1) is 19.7. The number of hydrogen-bond acceptors (Lipinski definition) is 5. The number of likely N-dealkylation sites (tertiary alicyclic amines) is 1. The van der Waals surface area contributed by atoms with Crippen molar-refractivity contribution >= 4 is 45.9 Å². The highest BCUT2D eigenvalue weighted by Gasteiger charge is 2.21. The molecule has 2 rings (SSSR count). The lowest BCUT2D eigenvalue weighted by molar-refractivity contribution is -0.150. The molecule has 0 radical (unpaired) electrons. The van der Waals surface area contributed by atoms with E-state index in [9.17, 15) is 9.59 Å². The Morgan fingerprint density at radius 2 is 1.96 bits per heavy atom. The molecule has 0 spiro atoms. The maximum Gasteiger partial charge on any atom is 0.317 e. The summed E-state index contributed by atoms with van der Waals surface area (Å²) in [4.78, 5) is 26.1. The number of hydrogen-bond donors (Lipinski definition) is 1. The van der Waals surface area contributed by atoms with Crippen LogP contribution in [0.3, 0.4) is 0 Å². The van der Waals surface area contributed by atoms with E-state index in [2.05, 4.69) is 17.1 Å². The fourth-order valence-corrected chi connectivity index (χ4v) is 3.49. The molecule has 136 valence electrons. The van der Waals surface area contributed by atoms with Crippen molar-refractivity contribution < 1.29 is 14.3 Å². The van der Waals surface area contributed by atoms with Gasteiger partial charge in [-0.2, -0.15) is 0 Å². The van der Waals surface area contributed by atoms with Crippen molar-refractivity contribution in [3.8, 4) is 0 Å². The lowest BCUT2D eigenvalue weighted by atomic mass is 10.00. The summed E-state index contributed by atoms with van der Waals surface area (Å²) in [6.07, 6.45) is 1.40. The Labute approximate surface area is 158 Å². The van der Waals surface area contributed by atoms with Gasteiger partial charge in [-0.1, -0.05) is 49.1 Å². The van der Waals surface area contributed by atoms with E-state index in [1.165, 1.54) is 11.8 Å². The topological polar surface area (TPSA) is 58.6 Å². The van der Waals surface area contributed by atoms with Crippen molar-refractivity contribution in [2.24, 2.45) is 5.92 Å². The highest BCUT2D eigenvalue weighted by molar-refractivity contribution is 8.23. The molecule has 1 heterocycles. The molecule has 5 nitrogen and oxygen atoms in total. The number of esters is 1. The van der Waals surface area contributed by atoms with Gasteiger partial charge < -0.3 is 15.0 Å². The Morgan fingerprint density at radius 1 is 1.32 bits per heavy atom. The number of ether oxygens (including phenoxy) is 1. The quantitative estimate of drug-likeness (QED) is 0.625. The Bertz CT molecular complexity index is 602. The third kappa shape index (κ3) is 6.66. The van der Waals surface area contributed by atoms with Crippen LogP contribution in [0.2, 0.25) is 0 Å². The molecule has 0 aromatic heterocycles. The van der Waals surface area contributed by atoms with Crippen molar-refractivity contribution in [1.29, 1.82) is 0 Å². The Hall–Kier alpha value is -1.60. The molecule has 1 N–H and O–H groups in total. The predicted octanol–water partition coefficient (Wildman–Crippen LogP) is 3.31. The van der Waals surface area contributed by atoms with Gasteiger partial charge in [-0.05, 0) is 37.8 Å². The van der Waals surface area contributed by atoms with Crippen LogP contribution in [0.15, 0.2) is 30.3 Å². The van der Waals surface area contributed by atoms with Crippen molar-refractivity contribution in [3.05, 3.63) is 30.3 Å². The summed E-state index contributed by atoms with van der Waals surface area (Å²) in [5.41, 5.74) is 0.672. The lowest BCUT2D eigenvalue weighted by Crippen LogP contribution is -2.36. The number of amides is 1. The molecule has 1 atom stereocenters. The summed E-state index contributed by atoms with van der Waals surface area (Å²) >= 11 is 6.69. The first-order chi connectivity index (χ1) is 12.0. The third-order valence-corrected chi connectivity index (χ3v) is 5.57. The zero-order valence-corrected chi connectivity index (χ0v) is 16.2. The molecule has 1 aromatic rings. The molecule has 0 aliphatic carbocycles. The fraction of sp³-hybridized carbons (Fsp3) is 0.500. The first-order valence-corrected chi connectivity index (χ1v) is 9.82. The molecular formula is C18H24N2O3S2. The van der Waals surface area contributed by atoms with Crippen molar-refractivity contribution in [1.82, 2.24) is 4.90 Å². The van der Waals surface area contributed by atoms with E-state index in [1.807, 2.05) is 18.2 Å². The average Bonchev–Trinajstić information content (AvgIpc) is 2.61. The van der Waals surface area contributed by atoms with Crippen LogP contribution in [0.1, 0.15) is 26.7 Å². The van der Waals surface area contributed by atoms with Crippen LogP contribution < -0.4 is 5.32 Å². The summed E-state index contributed by atoms with van der Waals surface area (Å²) in [5, 5.41) is 2.71. The Morgan fingerprint density at radius 3 is 2.60 bits per heavy atom. The number of benzene rings is 1.